The standard InChI is InChI=1S/C17H26N4O3/c1-3-15(24-2)16(22)18-10-13-9-14-11-20(7-8-21(14)19-13)17(23)12-5-4-6-12/h9,12,15H,3-8,10-11H2,1-2H3,(H,18,22)/t15-/m1/s1. The first-order chi connectivity index (χ1) is 11.6. The van der Waals surface area contributed by atoms with Crippen LogP contribution in [-0.4, -0.2) is 46.3 Å². The Bertz CT molecular complexity index is 605. The summed E-state index contributed by atoms with van der Waals surface area (Å²) in [4.78, 5) is 26.3. The Balaban J connectivity index is 1.57. The van der Waals surface area contributed by atoms with Gasteiger partial charge in [-0.15, -0.1) is 0 Å². The van der Waals surface area contributed by atoms with Crippen molar-refractivity contribution in [3.63, 3.8) is 0 Å². The number of fused-ring (bicyclic) bond motifs is 1. The molecule has 1 aliphatic heterocycles. The van der Waals surface area contributed by atoms with E-state index in [1.165, 1.54) is 13.5 Å². The lowest BCUT2D eigenvalue weighted by Gasteiger charge is -2.34. The number of nitrogens with zero attached hydrogens (tertiary/aromatic N) is 3. The summed E-state index contributed by atoms with van der Waals surface area (Å²) in [7, 11) is 1.54. The molecule has 7 nitrogen and oxygen atoms in total. The van der Waals surface area contributed by atoms with E-state index in [0.29, 0.717) is 19.5 Å². The summed E-state index contributed by atoms with van der Waals surface area (Å²) in [5.41, 5.74) is 1.86. The zero-order valence-electron chi connectivity index (χ0n) is 14.5. The van der Waals surface area contributed by atoms with E-state index in [9.17, 15) is 9.59 Å². The van der Waals surface area contributed by atoms with Crippen molar-refractivity contribution >= 4 is 11.8 Å². The molecule has 2 aliphatic rings. The highest BCUT2D eigenvalue weighted by atomic mass is 16.5. The van der Waals surface area contributed by atoms with Gasteiger partial charge in [-0.2, -0.15) is 5.10 Å². The van der Waals surface area contributed by atoms with E-state index in [-0.39, 0.29) is 17.7 Å². The normalized spacial score (nSPS) is 18.7. The third-order valence-electron chi connectivity index (χ3n) is 5.01. The molecule has 1 fully saturated rings. The summed E-state index contributed by atoms with van der Waals surface area (Å²) in [5.74, 6) is 0.403. The molecule has 1 aromatic heterocycles. The maximum absolute atomic E-state index is 12.4. The number of hydrogen-bond donors (Lipinski definition) is 1. The zero-order valence-corrected chi connectivity index (χ0v) is 14.5. The summed E-state index contributed by atoms with van der Waals surface area (Å²) in [6, 6.07) is 1.98. The molecule has 3 rings (SSSR count). The Labute approximate surface area is 142 Å². The summed E-state index contributed by atoms with van der Waals surface area (Å²) >= 11 is 0. The van der Waals surface area contributed by atoms with Gasteiger partial charge in [-0.25, -0.2) is 0 Å². The van der Waals surface area contributed by atoms with Crippen LogP contribution in [0.2, 0.25) is 0 Å². The fraction of sp³-hybridized carbons (Fsp3) is 0.706. The molecular formula is C17H26N4O3. The van der Waals surface area contributed by atoms with Crippen molar-refractivity contribution in [2.24, 2.45) is 5.92 Å². The molecule has 2 heterocycles. The van der Waals surface area contributed by atoms with E-state index in [0.717, 1.165) is 37.3 Å². The van der Waals surface area contributed by atoms with Crippen LogP contribution in [0.25, 0.3) is 0 Å². The van der Waals surface area contributed by atoms with Crippen LogP contribution < -0.4 is 5.32 Å². The molecule has 0 bridgehead atoms. The van der Waals surface area contributed by atoms with Gasteiger partial charge in [0.15, 0.2) is 0 Å². The molecule has 1 atom stereocenters. The second kappa shape index (κ2) is 7.34. The van der Waals surface area contributed by atoms with Gasteiger partial charge in [0.05, 0.1) is 31.0 Å². The van der Waals surface area contributed by atoms with E-state index in [1.54, 1.807) is 0 Å². The number of rotatable bonds is 6. The second-order valence-corrected chi connectivity index (χ2v) is 6.59. The highest BCUT2D eigenvalue weighted by molar-refractivity contribution is 5.80. The molecule has 1 N–H and O–H groups in total. The van der Waals surface area contributed by atoms with Crippen LogP contribution in [0, 0.1) is 5.92 Å². The van der Waals surface area contributed by atoms with E-state index >= 15 is 0 Å². The predicted molar refractivity (Wildman–Crippen MR) is 87.9 cm³/mol. The van der Waals surface area contributed by atoms with Crippen LogP contribution in [0.3, 0.4) is 0 Å². The van der Waals surface area contributed by atoms with E-state index in [4.69, 9.17) is 4.74 Å². The molecular weight excluding hydrogens is 308 g/mol. The largest absolute Gasteiger partial charge is 0.372 e. The Kier molecular flexibility index (Phi) is 5.18. The number of carbonyl (C=O) groups is 2. The maximum atomic E-state index is 12.4. The fourth-order valence-electron chi connectivity index (χ4n) is 3.26. The van der Waals surface area contributed by atoms with Gasteiger partial charge in [0.2, 0.25) is 11.8 Å². The first-order valence-electron chi connectivity index (χ1n) is 8.77. The Morgan fingerprint density at radius 1 is 1.42 bits per heavy atom. The van der Waals surface area contributed by atoms with Crippen molar-refractivity contribution in [1.82, 2.24) is 20.0 Å². The first-order valence-corrected chi connectivity index (χ1v) is 8.77. The highest BCUT2D eigenvalue weighted by Crippen LogP contribution is 2.29. The van der Waals surface area contributed by atoms with Gasteiger partial charge in [0.25, 0.3) is 0 Å². The minimum absolute atomic E-state index is 0.118. The summed E-state index contributed by atoms with van der Waals surface area (Å²) in [5, 5.41) is 7.39. The molecule has 0 aromatic carbocycles. The average molecular weight is 334 g/mol. The quantitative estimate of drug-likeness (QED) is 0.844. The predicted octanol–water partition coefficient (Wildman–Crippen LogP) is 1.07. The number of amides is 2. The van der Waals surface area contributed by atoms with Crippen molar-refractivity contribution in [3.8, 4) is 0 Å². The third-order valence-corrected chi connectivity index (χ3v) is 5.01. The van der Waals surface area contributed by atoms with Crippen LogP contribution in [0.15, 0.2) is 6.07 Å². The lowest BCUT2D eigenvalue weighted by Crippen LogP contribution is -2.43. The van der Waals surface area contributed by atoms with Crippen molar-refractivity contribution in [2.45, 2.75) is 58.3 Å². The summed E-state index contributed by atoms with van der Waals surface area (Å²) in [6.45, 7) is 4.35. The number of methoxy groups -OCH3 is 1. The van der Waals surface area contributed by atoms with Gasteiger partial charge in [0.1, 0.15) is 6.10 Å². The van der Waals surface area contributed by atoms with Crippen molar-refractivity contribution in [2.75, 3.05) is 13.7 Å². The molecule has 0 spiro atoms. The van der Waals surface area contributed by atoms with Crippen molar-refractivity contribution < 1.29 is 14.3 Å². The molecule has 2 amide bonds. The Morgan fingerprint density at radius 3 is 2.83 bits per heavy atom. The van der Waals surface area contributed by atoms with E-state index in [2.05, 4.69) is 10.4 Å². The zero-order chi connectivity index (χ0) is 17.1. The molecule has 0 saturated heterocycles. The number of ether oxygens (including phenoxy) is 1. The molecule has 1 aliphatic carbocycles. The lowest BCUT2D eigenvalue weighted by molar-refractivity contribution is -0.139. The molecule has 132 valence electrons. The minimum Gasteiger partial charge on any atom is -0.372 e. The van der Waals surface area contributed by atoms with Gasteiger partial charge in [0, 0.05) is 19.6 Å². The summed E-state index contributed by atoms with van der Waals surface area (Å²) < 4.78 is 7.07. The SMILES string of the molecule is CC[C@@H](OC)C(=O)NCc1cc2n(n1)CCN(C(=O)C1CCC1)C2. The lowest BCUT2D eigenvalue weighted by atomic mass is 9.84. The number of aromatic nitrogens is 2. The van der Waals surface area contributed by atoms with Gasteiger partial charge in [-0.3, -0.25) is 14.3 Å². The average Bonchev–Trinajstić information content (AvgIpc) is 2.94. The smallest absolute Gasteiger partial charge is 0.249 e. The topological polar surface area (TPSA) is 76.5 Å². The monoisotopic (exact) mass is 334 g/mol. The van der Waals surface area contributed by atoms with Crippen LogP contribution >= 0.6 is 0 Å². The fourth-order valence-corrected chi connectivity index (χ4v) is 3.26. The second-order valence-electron chi connectivity index (χ2n) is 6.59. The van der Waals surface area contributed by atoms with Crippen molar-refractivity contribution in [1.29, 1.82) is 0 Å². The number of nitrogens with one attached hydrogen (secondary N) is 1. The van der Waals surface area contributed by atoms with Crippen LogP contribution in [-0.2, 0) is 34.0 Å². The van der Waals surface area contributed by atoms with E-state index in [1.807, 2.05) is 22.6 Å². The van der Waals surface area contributed by atoms with Crippen LogP contribution in [0.4, 0.5) is 0 Å². The number of carbonyl (C=O) groups excluding carboxylic acids is 2. The highest BCUT2D eigenvalue weighted by Gasteiger charge is 2.31. The minimum atomic E-state index is -0.419. The third kappa shape index (κ3) is 3.45. The Morgan fingerprint density at radius 2 is 2.21 bits per heavy atom. The molecule has 7 heteroatoms. The molecule has 0 unspecified atom stereocenters. The van der Waals surface area contributed by atoms with Crippen molar-refractivity contribution in [3.05, 3.63) is 17.5 Å². The molecule has 0 radical (unpaired) electrons. The number of hydrogen-bond acceptors (Lipinski definition) is 4. The maximum Gasteiger partial charge on any atom is 0.249 e. The first kappa shape index (κ1) is 17.0. The van der Waals surface area contributed by atoms with E-state index < -0.39 is 6.10 Å². The van der Waals surface area contributed by atoms with Crippen LogP contribution in [0.1, 0.15) is 44.0 Å². The molecule has 24 heavy (non-hydrogen) atoms. The van der Waals surface area contributed by atoms with Gasteiger partial charge < -0.3 is 15.0 Å². The molecule has 1 saturated carbocycles. The van der Waals surface area contributed by atoms with Gasteiger partial charge in [-0.1, -0.05) is 13.3 Å². The molecule has 1 aromatic rings. The Hall–Kier alpha value is -1.89. The van der Waals surface area contributed by atoms with Crippen LogP contribution in [0.5, 0.6) is 0 Å². The summed E-state index contributed by atoms with van der Waals surface area (Å²) in [6.07, 6.45) is 3.46. The van der Waals surface area contributed by atoms with Gasteiger partial charge in [-0.05, 0) is 25.3 Å². The van der Waals surface area contributed by atoms with Gasteiger partial charge >= 0.3 is 0 Å².